The molecule has 0 bridgehead atoms. The van der Waals surface area contributed by atoms with E-state index in [1.165, 1.54) is 4.90 Å². The first kappa shape index (κ1) is 8.59. The van der Waals surface area contributed by atoms with Crippen LogP contribution in [0.1, 0.15) is 0 Å². The van der Waals surface area contributed by atoms with Gasteiger partial charge in [0.15, 0.2) is 0 Å². The molecule has 0 amide bonds. The Kier molecular flexibility index (Phi) is 4.04. The number of benzene rings is 1. The minimum atomic E-state index is 0.847. The smallest absolute Gasteiger partial charge is 0.0192 e. The summed E-state index contributed by atoms with van der Waals surface area (Å²) in [5, 5.41) is 0. The van der Waals surface area contributed by atoms with Crippen LogP contribution >= 0.6 is 11.8 Å². The normalized spacial score (nSPS) is 9.91. The second kappa shape index (κ2) is 5.18. The van der Waals surface area contributed by atoms with Gasteiger partial charge in [0, 0.05) is 17.2 Å². The van der Waals surface area contributed by atoms with Crippen molar-refractivity contribution in [1.82, 2.24) is 5.43 Å². The highest BCUT2D eigenvalue weighted by Gasteiger charge is 1.89. The highest BCUT2D eigenvalue weighted by atomic mass is 32.2. The van der Waals surface area contributed by atoms with E-state index in [0.29, 0.717) is 0 Å². The molecule has 2 nitrogen and oxygen atoms in total. The van der Waals surface area contributed by atoms with Crippen LogP contribution in [0.3, 0.4) is 0 Å². The number of rotatable bonds is 4. The Morgan fingerprint density at radius 3 is 2.64 bits per heavy atom. The number of hydrazine groups is 1. The lowest BCUT2D eigenvalue weighted by molar-refractivity contribution is 0.787. The maximum Gasteiger partial charge on any atom is 0.0192 e. The summed E-state index contributed by atoms with van der Waals surface area (Å²) in [5.41, 5.74) is 2.62. The van der Waals surface area contributed by atoms with Crippen LogP contribution in [0.4, 0.5) is 0 Å². The largest absolute Gasteiger partial charge is 0.271 e. The maximum atomic E-state index is 5.13. The van der Waals surface area contributed by atoms with Crippen LogP contribution in [0.15, 0.2) is 35.2 Å². The zero-order chi connectivity index (χ0) is 7.94. The number of nitrogens with two attached hydrogens (primary N) is 1. The Balaban J connectivity index is 2.28. The fourth-order valence-corrected chi connectivity index (χ4v) is 1.55. The summed E-state index contributed by atoms with van der Waals surface area (Å²) < 4.78 is 0. The third-order valence-corrected chi connectivity index (χ3v) is 2.27. The van der Waals surface area contributed by atoms with Crippen LogP contribution in [-0.2, 0) is 0 Å². The lowest BCUT2D eigenvalue weighted by Crippen LogP contribution is -2.24. The second-order valence-electron chi connectivity index (χ2n) is 2.12. The van der Waals surface area contributed by atoms with Gasteiger partial charge in [0.25, 0.3) is 0 Å². The van der Waals surface area contributed by atoms with Crippen molar-refractivity contribution < 1.29 is 0 Å². The molecule has 0 aliphatic rings. The first-order valence-electron chi connectivity index (χ1n) is 3.55. The zero-order valence-electron chi connectivity index (χ0n) is 6.29. The minimum absolute atomic E-state index is 0.847. The Hall–Kier alpha value is -0.510. The Morgan fingerprint density at radius 1 is 1.27 bits per heavy atom. The van der Waals surface area contributed by atoms with Crippen molar-refractivity contribution in [1.29, 1.82) is 0 Å². The fraction of sp³-hybridized carbons (Fsp3) is 0.250. The van der Waals surface area contributed by atoms with Gasteiger partial charge in [-0.05, 0) is 12.1 Å². The first-order chi connectivity index (χ1) is 5.43. The zero-order valence-corrected chi connectivity index (χ0v) is 7.10. The summed E-state index contributed by atoms with van der Waals surface area (Å²) in [6.45, 7) is 0.847. The van der Waals surface area contributed by atoms with Crippen LogP contribution < -0.4 is 11.3 Å². The summed E-state index contributed by atoms with van der Waals surface area (Å²) in [5.74, 6) is 6.14. The van der Waals surface area contributed by atoms with Crippen molar-refractivity contribution in [2.24, 2.45) is 5.84 Å². The van der Waals surface area contributed by atoms with Crippen LogP contribution in [-0.4, -0.2) is 12.3 Å². The summed E-state index contributed by atoms with van der Waals surface area (Å²) >= 11 is 1.80. The number of thioether (sulfide) groups is 1. The molecule has 1 rings (SSSR count). The molecule has 11 heavy (non-hydrogen) atoms. The van der Waals surface area contributed by atoms with Crippen LogP contribution in [0.5, 0.6) is 0 Å². The SMILES string of the molecule is NNCCSc1ccccc1. The van der Waals surface area contributed by atoms with Gasteiger partial charge < -0.3 is 0 Å². The highest BCUT2D eigenvalue weighted by Crippen LogP contribution is 2.15. The van der Waals surface area contributed by atoms with Crippen LogP contribution in [0.2, 0.25) is 0 Å². The van der Waals surface area contributed by atoms with Gasteiger partial charge in [0.1, 0.15) is 0 Å². The third-order valence-electron chi connectivity index (χ3n) is 1.26. The molecule has 0 spiro atoms. The van der Waals surface area contributed by atoms with Gasteiger partial charge in [0.05, 0.1) is 0 Å². The third kappa shape index (κ3) is 3.41. The lowest BCUT2D eigenvalue weighted by atomic mass is 10.4. The van der Waals surface area contributed by atoms with Crippen molar-refractivity contribution in [2.45, 2.75) is 4.90 Å². The fourth-order valence-electron chi connectivity index (χ4n) is 0.745. The summed E-state index contributed by atoms with van der Waals surface area (Å²) in [6.07, 6.45) is 0. The Morgan fingerprint density at radius 2 is 2.00 bits per heavy atom. The quantitative estimate of drug-likeness (QED) is 0.307. The van der Waals surface area contributed by atoms with Crippen molar-refractivity contribution in [2.75, 3.05) is 12.3 Å². The molecular weight excluding hydrogens is 156 g/mol. The topological polar surface area (TPSA) is 38.0 Å². The molecule has 3 heteroatoms. The van der Waals surface area contributed by atoms with Gasteiger partial charge in [-0.2, -0.15) is 0 Å². The van der Waals surface area contributed by atoms with Crippen molar-refractivity contribution >= 4 is 11.8 Å². The van der Waals surface area contributed by atoms with E-state index in [1.54, 1.807) is 11.8 Å². The average molecular weight is 168 g/mol. The molecule has 0 radical (unpaired) electrons. The first-order valence-corrected chi connectivity index (χ1v) is 4.53. The van der Waals surface area contributed by atoms with Gasteiger partial charge in [-0.15, -0.1) is 11.8 Å². The molecule has 1 aromatic carbocycles. The van der Waals surface area contributed by atoms with Crippen molar-refractivity contribution in [3.8, 4) is 0 Å². The molecule has 0 aromatic heterocycles. The van der Waals surface area contributed by atoms with Crippen molar-refractivity contribution in [3.63, 3.8) is 0 Å². The standard InChI is InChI=1S/C8H12N2S/c9-10-6-7-11-8-4-2-1-3-5-8/h1-5,10H,6-7,9H2. The second-order valence-corrected chi connectivity index (χ2v) is 3.28. The van der Waals surface area contributed by atoms with E-state index in [2.05, 4.69) is 17.6 Å². The van der Waals surface area contributed by atoms with Gasteiger partial charge in [-0.1, -0.05) is 18.2 Å². The highest BCUT2D eigenvalue weighted by molar-refractivity contribution is 7.99. The average Bonchev–Trinajstić information content (AvgIpc) is 2.07. The molecule has 0 heterocycles. The molecule has 0 aliphatic carbocycles. The number of nitrogens with one attached hydrogen (secondary N) is 1. The molecule has 3 N–H and O–H groups in total. The molecule has 0 aliphatic heterocycles. The minimum Gasteiger partial charge on any atom is -0.271 e. The van der Waals surface area contributed by atoms with E-state index in [-0.39, 0.29) is 0 Å². The van der Waals surface area contributed by atoms with E-state index in [9.17, 15) is 0 Å². The summed E-state index contributed by atoms with van der Waals surface area (Å²) in [6, 6.07) is 10.3. The van der Waals surface area contributed by atoms with Gasteiger partial charge >= 0.3 is 0 Å². The van der Waals surface area contributed by atoms with Gasteiger partial charge in [-0.3, -0.25) is 11.3 Å². The molecule has 60 valence electrons. The predicted octanol–water partition coefficient (Wildman–Crippen LogP) is 1.24. The summed E-state index contributed by atoms with van der Waals surface area (Å²) in [7, 11) is 0. The monoisotopic (exact) mass is 168 g/mol. The molecular formula is C8H12N2S. The Bertz CT molecular complexity index is 189. The molecule has 0 fully saturated rings. The van der Waals surface area contributed by atoms with E-state index in [4.69, 9.17) is 5.84 Å². The molecule has 0 unspecified atom stereocenters. The van der Waals surface area contributed by atoms with Gasteiger partial charge in [-0.25, -0.2) is 0 Å². The van der Waals surface area contributed by atoms with Crippen LogP contribution in [0, 0.1) is 0 Å². The Labute approximate surface area is 71.1 Å². The van der Waals surface area contributed by atoms with Gasteiger partial charge in [0.2, 0.25) is 0 Å². The number of hydrogen-bond donors (Lipinski definition) is 2. The van der Waals surface area contributed by atoms with E-state index < -0.39 is 0 Å². The van der Waals surface area contributed by atoms with E-state index in [1.807, 2.05) is 18.2 Å². The van der Waals surface area contributed by atoms with E-state index >= 15 is 0 Å². The lowest BCUT2D eigenvalue weighted by Gasteiger charge is -1.98. The van der Waals surface area contributed by atoms with Crippen molar-refractivity contribution in [3.05, 3.63) is 30.3 Å². The molecule has 1 aromatic rings. The maximum absolute atomic E-state index is 5.13. The summed E-state index contributed by atoms with van der Waals surface area (Å²) in [4.78, 5) is 1.29. The predicted molar refractivity (Wildman–Crippen MR) is 49.4 cm³/mol. The van der Waals surface area contributed by atoms with E-state index in [0.717, 1.165) is 12.3 Å². The van der Waals surface area contributed by atoms with Crippen LogP contribution in [0.25, 0.3) is 0 Å². The molecule has 0 saturated heterocycles. The molecule has 0 saturated carbocycles. The molecule has 0 atom stereocenters. The number of hydrogen-bond acceptors (Lipinski definition) is 3.